The number of amides is 2. The van der Waals surface area contributed by atoms with Crippen LogP contribution in [-0.2, 0) is 9.59 Å². The summed E-state index contributed by atoms with van der Waals surface area (Å²) in [5.41, 5.74) is 1.43. The molecule has 7 heteroatoms. The van der Waals surface area contributed by atoms with Gasteiger partial charge in [0.05, 0.1) is 5.69 Å². The molecular weight excluding hydrogens is 382 g/mol. The third-order valence-electron chi connectivity index (χ3n) is 4.34. The first-order chi connectivity index (χ1) is 13.1. The van der Waals surface area contributed by atoms with Crippen molar-refractivity contribution >= 4 is 51.7 Å². The molecule has 1 saturated carbocycles. The highest BCUT2D eigenvalue weighted by Crippen LogP contribution is 2.39. The maximum absolute atomic E-state index is 12.9. The zero-order valence-electron chi connectivity index (χ0n) is 14.5. The molecular formula is C20H18ClN3O2S. The fraction of sp³-hybridized carbons (Fsp3) is 0.250. The van der Waals surface area contributed by atoms with Gasteiger partial charge in [0.25, 0.3) is 0 Å². The van der Waals surface area contributed by atoms with E-state index in [9.17, 15) is 9.59 Å². The lowest BCUT2D eigenvalue weighted by atomic mass is 10.2. The Kier molecular flexibility index (Phi) is 5.18. The lowest BCUT2D eigenvalue weighted by Crippen LogP contribution is -2.35. The van der Waals surface area contributed by atoms with Crippen LogP contribution < -0.4 is 5.32 Å². The minimum Gasteiger partial charge on any atom is -0.326 e. The Morgan fingerprint density at radius 2 is 1.96 bits per heavy atom. The molecule has 0 unspecified atom stereocenters. The number of hydrogen-bond donors (Lipinski definition) is 1. The molecule has 0 spiro atoms. The molecule has 2 fully saturated rings. The summed E-state index contributed by atoms with van der Waals surface area (Å²) in [6, 6.07) is 16.8. The van der Waals surface area contributed by atoms with Gasteiger partial charge >= 0.3 is 0 Å². The van der Waals surface area contributed by atoms with E-state index < -0.39 is 5.25 Å². The average Bonchev–Trinajstić information content (AvgIpc) is 3.42. The molecule has 1 N–H and O–H groups in total. The summed E-state index contributed by atoms with van der Waals surface area (Å²) in [4.78, 5) is 31.7. The lowest BCUT2D eigenvalue weighted by Gasteiger charge is -2.15. The fourth-order valence-corrected chi connectivity index (χ4v) is 4.33. The number of halogens is 1. The van der Waals surface area contributed by atoms with E-state index in [0.29, 0.717) is 15.9 Å². The molecule has 5 nitrogen and oxygen atoms in total. The van der Waals surface area contributed by atoms with E-state index in [4.69, 9.17) is 11.6 Å². The highest BCUT2D eigenvalue weighted by Gasteiger charge is 2.46. The number of anilines is 1. The SMILES string of the molecule is O=C(C[C@H]1SC(=Nc2ccccc2)N(C2CC2)C1=O)Nc1cccc(Cl)c1. The number of para-hydroxylation sites is 1. The second kappa shape index (κ2) is 7.74. The van der Waals surface area contributed by atoms with Crippen LogP contribution in [0.4, 0.5) is 11.4 Å². The number of rotatable bonds is 5. The summed E-state index contributed by atoms with van der Waals surface area (Å²) in [5, 5.41) is 3.60. The number of carbonyl (C=O) groups excluding carboxylic acids is 2. The van der Waals surface area contributed by atoms with Gasteiger partial charge in [-0.05, 0) is 43.2 Å². The maximum atomic E-state index is 12.9. The van der Waals surface area contributed by atoms with Gasteiger partial charge in [-0.1, -0.05) is 47.6 Å². The summed E-state index contributed by atoms with van der Waals surface area (Å²) < 4.78 is 0. The Hall–Kier alpha value is -2.31. The standard InChI is InChI=1S/C20H18ClN3O2S/c21-13-5-4-8-15(11-13)22-18(25)12-17-19(26)24(16-9-10-16)20(27-17)23-14-6-2-1-3-7-14/h1-8,11,16-17H,9-10,12H2,(H,22,25)/t17-/m1/s1. The van der Waals surface area contributed by atoms with Gasteiger partial charge in [-0.25, -0.2) is 4.99 Å². The molecule has 1 aliphatic heterocycles. The maximum Gasteiger partial charge on any atom is 0.242 e. The van der Waals surface area contributed by atoms with Gasteiger partial charge in [-0.2, -0.15) is 0 Å². The van der Waals surface area contributed by atoms with Crippen molar-refractivity contribution in [1.29, 1.82) is 0 Å². The van der Waals surface area contributed by atoms with Crippen molar-refractivity contribution in [3.63, 3.8) is 0 Å². The van der Waals surface area contributed by atoms with Gasteiger partial charge in [0.2, 0.25) is 11.8 Å². The smallest absolute Gasteiger partial charge is 0.242 e. The van der Waals surface area contributed by atoms with Gasteiger partial charge in [-0.3, -0.25) is 14.5 Å². The first-order valence-corrected chi connectivity index (χ1v) is 10.0. The van der Waals surface area contributed by atoms with Gasteiger partial charge < -0.3 is 5.32 Å². The lowest BCUT2D eigenvalue weighted by molar-refractivity contribution is -0.128. The summed E-state index contributed by atoms with van der Waals surface area (Å²) >= 11 is 7.32. The second-order valence-corrected chi connectivity index (χ2v) is 8.14. The van der Waals surface area contributed by atoms with Crippen molar-refractivity contribution in [1.82, 2.24) is 4.90 Å². The molecule has 1 heterocycles. The zero-order valence-corrected chi connectivity index (χ0v) is 16.0. The van der Waals surface area contributed by atoms with Crippen molar-refractivity contribution < 1.29 is 9.59 Å². The third-order valence-corrected chi connectivity index (χ3v) is 5.73. The predicted octanol–water partition coefficient (Wildman–Crippen LogP) is 4.46. The normalized spacial score (nSPS) is 20.9. The van der Waals surface area contributed by atoms with E-state index in [1.54, 1.807) is 29.2 Å². The van der Waals surface area contributed by atoms with E-state index in [-0.39, 0.29) is 24.3 Å². The first-order valence-electron chi connectivity index (χ1n) is 8.79. The zero-order chi connectivity index (χ0) is 18.8. The van der Waals surface area contributed by atoms with Crippen LogP contribution in [0.2, 0.25) is 5.02 Å². The molecule has 138 valence electrons. The highest BCUT2D eigenvalue weighted by atomic mass is 35.5. The number of carbonyl (C=O) groups is 2. The van der Waals surface area contributed by atoms with Crippen molar-refractivity contribution in [3.05, 3.63) is 59.6 Å². The van der Waals surface area contributed by atoms with Crippen LogP contribution in [0.5, 0.6) is 0 Å². The van der Waals surface area contributed by atoms with Crippen LogP contribution in [0, 0.1) is 0 Å². The monoisotopic (exact) mass is 399 g/mol. The van der Waals surface area contributed by atoms with Crippen LogP contribution in [-0.4, -0.2) is 33.2 Å². The average molecular weight is 400 g/mol. The van der Waals surface area contributed by atoms with E-state index in [2.05, 4.69) is 10.3 Å². The number of thioether (sulfide) groups is 1. The van der Waals surface area contributed by atoms with Gasteiger partial charge in [0.15, 0.2) is 5.17 Å². The molecule has 1 atom stereocenters. The molecule has 2 aromatic rings. The Labute approximate surface area is 166 Å². The number of nitrogens with zero attached hydrogens (tertiary/aromatic N) is 2. The molecule has 1 aliphatic carbocycles. The Morgan fingerprint density at radius 3 is 2.67 bits per heavy atom. The van der Waals surface area contributed by atoms with E-state index >= 15 is 0 Å². The van der Waals surface area contributed by atoms with Crippen LogP contribution in [0.25, 0.3) is 0 Å². The van der Waals surface area contributed by atoms with Crippen LogP contribution >= 0.6 is 23.4 Å². The number of nitrogens with one attached hydrogen (secondary N) is 1. The van der Waals surface area contributed by atoms with E-state index in [0.717, 1.165) is 18.5 Å². The Balaban J connectivity index is 1.47. The summed E-state index contributed by atoms with van der Waals surface area (Å²) in [7, 11) is 0. The van der Waals surface area contributed by atoms with Gasteiger partial charge in [0, 0.05) is 23.2 Å². The van der Waals surface area contributed by atoms with Crippen LogP contribution in [0.3, 0.4) is 0 Å². The Morgan fingerprint density at radius 1 is 1.19 bits per heavy atom. The second-order valence-electron chi connectivity index (χ2n) is 6.54. The largest absolute Gasteiger partial charge is 0.326 e. The van der Waals surface area contributed by atoms with Crippen molar-refractivity contribution in [2.75, 3.05) is 5.32 Å². The minimum atomic E-state index is -0.452. The van der Waals surface area contributed by atoms with E-state index in [1.165, 1.54) is 11.8 Å². The third kappa shape index (κ3) is 4.34. The van der Waals surface area contributed by atoms with Crippen molar-refractivity contribution in [2.24, 2.45) is 4.99 Å². The fourth-order valence-electron chi connectivity index (χ4n) is 2.92. The quantitative estimate of drug-likeness (QED) is 0.807. The van der Waals surface area contributed by atoms with E-state index in [1.807, 2.05) is 30.3 Å². The van der Waals surface area contributed by atoms with Crippen molar-refractivity contribution in [2.45, 2.75) is 30.6 Å². The topological polar surface area (TPSA) is 61.8 Å². The number of hydrogen-bond acceptors (Lipinski definition) is 4. The summed E-state index contributed by atoms with van der Waals surface area (Å²) in [5.74, 6) is -0.238. The van der Waals surface area contributed by atoms with Crippen LogP contribution in [0.1, 0.15) is 19.3 Å². The summed E-state index contributed by atoms with van der Waals surface area (Å²) in [6.45, 7) is 0. The summed E-state index contributed by atoms with van der Waals surface area (Å²) in [6.07, 6.45) is 2.08. The molecule has 1 saturated heterocycles. The number of benzene rings is 2. The molecule has 27 heavy (non-hydrogen) atoms. The van der Waals surface area contributed by atoms with Gasteiger partial charge in [-0.15, -0.1) is 0 Å². The molecule has 0 bridgehead atoms. The van der Waals surface area contributed by atoms with Gasteiger partial charge in [0.1, 0.15) is 5.25 Å². The molecule has 4 rings (SSSR count). The molecule has 0 radical (unpaired) electrons. The highest BCUT2D eigenvalue weighted by molar-refractivity contribution is 8.15. The molecule has 2 amide bonds. The number of aliphatic imine (C=N–C) groups is 1. The minimum absolute atomic E-state index is 0.0292. The molecule has 0 aromatic heterocycles. The Bertz CT molecular complexity index is 899. The van der Waals surface area contributed by atoms with Crippen molar-refractivity contribution in [3.8, 4) is 0 Å². The molecule has 2 aromatic carbocycles. The predicted molar refractivity (Wildman–Crippen MR) is 109 cm³/mol. The van der Waals surface area contributed by atoms with Crippen LogP contribution in [0.15, 0.2) is 59.6 Å². The first kappa shape index (κ1) is 18.1. The molecule has 2 aliphatic rings. The number of amidine groups is 1.